The lowest BCUT2D eigenvalue weighted by Gasteiger charge is -2.28. The van der Waals surface area contributed by atoms with Gasteiger partial charge < -0.3 is 14.1 Å². The van der Waals surface area contributed by atoms with Crippen LogP contribution in [-0.4, -0.2) is 4.98 Å². The van der Waals surface area contributed by atoms with Gasteiger partial charge in [0.15, 0.2) is 0 Å². The summed E-state index contributed by atoms with van der Waals surface area (Å²) in [5.74, 6) is 0.901. The molecule has 0 bridgehead atoms. The van der Waals surface area contributed by atoms with Crippen LogP contribution in [0.4, 0.5) is 5.69 Å². The van der Waals surface area contributed by atoms with Crippen molar-refractivity contribution in [2.45, 2.75) is 20.1 Å². The fourth-order valence-electron chi connectivity index (χ4n) is 4.55. The van der Waals surface area contributed by atoms with Crippen LogP contribution in [-0.2, 0) is 4.74 Å². The number of pyridine rings is 1. The predicted molar refractivity (Wildman–Crippen MR) is 128 cm³/mol. The van der Waals surface area contributed by atoms with Gasteiger partial charge in [0.1, 0.15) is 11.3 Å². The zero-order valence-corrected chi connectivity index (χ0v) is 17.9. The highest BCUT2D eigenvalue weighted by molar-refractivity contribution is 6.05. The smallest absolute Gasteiger partial charge is 0.227 e. The Morgan fingerprint density at radius 1 is 0.812 bits per heavy atom. The maximum Gasteiger partial charge on any atom is 0.227 e. The fraction of sp³-hybridized carbons (Fsp3) is 0.107. The Kier molecular flexibility index (Phi) is 4.25. The summed E-state index contributed by atoms with van der Waals surface area (Å²) in [5.41, 5.74) is 6.99. The molecular weight excluding hydrogens is 396 g/mol. The van der Waals surface area contributed by atoms with Crippen molar-refractivity contribution in [3.63, 3.8) is 0 Å². The Labute approximate surface area is 186 Å². The van der Waals surface area contributed by atoms with Crippen LogP contribution in [0, 0.1) is 6.92 Å². The van der Waals surface area contributed by atoms with E-state index in [1.165, 1.54) is 0 Å². The van der Waals surface area contributed by atoms with Gasteiger partial charge in [-0.1, -0.05) is 60.7 Å². The average molecular weight is 418 g/mol. The first-order valence-electron chi connectivity index (χ1n) is 10.8. The molecule has 5 aromatic rings. The number of allylic oxidation sites excluding steroid dienone is 1. The monoisotopic (exact) mass is 418 g/mol. The molecule has 2 aromatic heterocycles. The van der Waals surface area contributed by atoms with Crippen molar-refractivity contribution in [3.8, 4) is 0 Å². The van der Waals surface area contributed by atoms with Gasteiger partial charge in [-0.05, 0) is 43.7 Å². The van der Waals surface area contributed by atoms with Gasteiger partial charge in [-0.25, -0.2) is 4.98 Å². The molecule has 6 rings (SSSR count). The Hall–Kier alpha value is -4.05. The van der Waals surface area contributed by atoms with E-state index in [2.05, 4.69) is 78.3 Å². The van der Waals surface area contributed by atoms with E-state index in [9.17, 15) is 0 Å². The first kappa shape index (κ1) is 18.7. The van der Waals surface area contributed by atoms with E-state index in [-0.39, 0.29) is 6.23 Å². The Balaban J connectivity index is 1.57. The molecule has 0 spiro atoms. The standard InChI is InChI=1S/C28H22N2O2/c1-18-16-25-23(22-14-9-15-29-27(22)31-25)17-24(18)30-19(2)26(20-10-5-3-6-11-20)32-28(30)21-12-7-4-8-13-21/h3-17,28H,1-2H3. The summed E-state index contributed by atoms with van der Waals surface area (Å²) in [6.07, 6.45) is 1.51. The maximum atomic E-state index is 6.62. The van der Waals surface area contributed by atoms with Gasteiger partial charge in [0.05, 0.1) is 5.70 Å². The predicted octanol–water partition coefficient (Wildman–Crippen LogP) is 7.21. The van der Waals surface area contributed by atoms with Crippen molar-refractivity contribution in [2.75, 3.05) is 4.90 Å². The van der Waals surface area contributed by atoms with Crippen molar-refractivity contribution < 1.29 is 9.15 Å². The van der Waals surface area contributed by atoms with Crippen LogP contribution >= 0.6 is 0 Å². The van der Waals surface area contributed by atoms with Crippen molar-refractivity contribution in [3.05, 3.63) is 114 Å². The van der Waals surface area contributed by atoms with E-state index in [4.69, 9.17) is 9.15 Å². The molecule has 1 atom stereocenters. The molecule has 0 fully saturated rings. The first-order valence-corrected chi connectivity index (χ1v) is 10.8. The average Bonchev–Trinajstić information content (AvgIpc) is 3.36. The van der Waals surface area contributed by atoms with Gasteiger partial charge in [0, 0.05) is 33.8 Å². The van der Waals surface area contributed by atoms with Gasteiger partial charge in [-0.2, -0.15) is 0 Å². The molecule has 0 saturated heterocycles. The van der Waals surface area contributed by atoms with E-state index in [0.29, 0.717) is 5.71 Å². The minimum atomic E-state index is -0.251. The molecule has 4 heteroatoms. The minimum absolute atomic E-state index is 0.251. The van der Waals surface area contributed by atoms with Gasteiger partial charge in [0.25, 0.3) is 0 Å². The molecule has 1 unspecified atom stereocenters. The van der Waals surface area contributed by atoms with Gasteiger partial charge in [-0.15, -0.1) is 0 Å². The second-order valence-corrected chi connectivity index (χ2v) is 8.12. The largest absolute Gasteiger partial charge is 0.463 e. The van der Waals surface area contributed by atoms with Gasteiger partial charge in [0.2, 0.25) is 11.9 Å². The molecule has 0 N–H and O–H groups in total. The summed E-state index contributed by atoms with van der Waals surface area (Å²) in [6.45, 7) is 4.25. The van der Waals surface area contributed by atoms with Crippen molar-refractivity contribution in [1.29, 1.82) is 0 Å². The van der Waals surface area contributed by atoms with E-state index in [1.807, 2.05) is 30.3 Å². The number of aromatic nitrogens is 1. The quantitative estimate of drug-likeness (QED) is 0.310. The molecule has 3 aromatic carbocycles. The molecule has 0 amide bonds. The lowest BCUT2D eigenvalue weighted by molar-refractivity contribution is 0.195. The summed E-state index contributed by atoms with van der Waals surface area (Å²) >= 11 is 0. The second kappa shape index (κ2) is 7.27. The summed E-state index contributed by atoms with van der Waals surface area (Å²) in [4.78, 5) is 6.68. The van der Waals surface area contributed by atoms with Crippen molar-refractivity contribution in [2.24, 2.45) is 0 Å². The lowest BCUT2D eigenvalue weighted by atomic mass is 10.1. The molecule has 32 heavy (non-hydrogen) atoms. The number of ether oxygens (including phenoxy) is 1. The number of fused-ring (bicyclic) bond motifs is 3. The normalized spacial score (nSPS) is 16.2. The lowest BCUT2D eigenvalue weighted by Crippen LogP contribution is -2.23. The van der Waals surface area contributed by atoms with Crippen LogP contribution in [0.5, 0.6) is 0 Å². The molecular formula is C28H22N2O2. The topological polar surface area (TPSA) is 38.5 Å². The van der Waals surface area contributed by atoms with Crippen LogP contribution < -0.4 is 4.90 Å². The number of hydrogen-bond donors (Lipinski definition) is 0. The Bertz CT molecular complexity index is 1470. The van der Waals surface area contributed by atoms with Crippen LogP contribution in [0.15, 0.2) is 101 Å². The number of nitrogens with zero attached hydrogens (tertiary/aromatic N) is 2. The molecule has 3 heterocycles. The third-order valence-electron chi connectivity index (χ3n) is 6.10. The second-order valence-electron chi connectivity index (χ2n) is 8.12. The highest BCUT2D eigenvalue weighted by Gasteiger charge is 2.35. The summed E-state index contributed by atoms with van der Waals surface area (Å²) in [7, 11) is 0. The summed E-state index contributed by atoms with van der Waals surface area (Å²) in [6, 6.07) is 29.0. The van der Waals surface area contributed by atoms with Gasteiger partial charge in [-0.3, -0.25) is 0 Å². The van der Waals surface area contributed by atoms with Crippen LogP contribution in [0.3, 0.4) is 0 Å². The molecule has 1 aliphatic heterocycles. The number of anilines is 1. The van der Waals surface area contributed by atoms with E-state index < -0.39 is 0 Å². The van der Waals surface area contributed by atoms with Crippen LogP contribution in [0.2, 0.25) is 0 Å². The molecule has 4 nitrogen and oxygen atoms in total. The molecule has 156 valence electrons. The van der Waals surface area contributed by atoms with E-state index >= 15 is 0 Å². The maximum absolute atomic E-state index is 6.62. The molecule has 0 saturated carbocycles. The number of hydrogen-bond acceptors (Lipinski definition) is 4. The number of rotatable bonds is 3. The van der Waals surface area contributed by atoms with E-state index in [0.717, 1.165) is 50.2 Å². The Morgan fingerprint density at radius 3 is 2.34 bits per heavy atom. The first-order chi connectivity index (χ1) is 15.7. The summed E-state index contributed by atoms with van der Waals surface area (Å²) < 4.78 is 12.6. The summed E-state index contributed by atoms with van der Waals surface area (Å²) in [5, 5.41) is 2.08. The van der Waals surface area contributed by atoms with Crippen LogP contribution in [0.25, 0.3) is 27.8 Å². The molecule has 0 aliphatic carbocycles. The van der Waals surface area contributed by atoms with Crippen LogP contribution in [0.1, 0.15) is 29.8 Å². The highest BCUT2D eigenvalue weighted by atomic mass is 16.5. The highest BCUT2D eigenvalue weighted by Crippen LogP contribution is 2.46. The van der Waals surface area contributed by atoms with Crippen molar-refractivity contribution >= 4 is 33.5 Å². The van der Waals surface area contributed by atoms with Gasteiger partial charge >= 0.3 is 0 Å². The molecule has 1 aliphatic rings. The Morgan fingerprint density at radius 2 is 1.56 bits per heavy atom. The number of furan rings is 1. The number of aryl methyl sites for hydroxylation is 1. The van der Waals surface area contributed by atoms with E-state index in [1.54, 1.807) is 6.20 Å². The zero-order chi connectivity index (χ0) is 21.7. The third kappa shape index (κ3) is 2.88. The third-order valence-corrected chi connectivity index (χ3v) is 6.10. The zero-order valence-electron chi connectivity index (χ0n) is 17.9. The molecule has 0 radical (unpaired) electrons. The SMILES string of the molecule is CC1=C(c2ccccc2)OC(c2ccccc2)N1c1cc2c(cc1C)oc1ncccc12. The number of benzene rings is 3. The minimum Gasteiger partial charge on any atom is -0.463 e. The fourth-order valence-corrected chi connectivity index (χ4v) is 4.55. The van der Waals surface area contributed by atoms with Crippen molar-refractivity contribution in [1.82, 2.24) is 4.98 Å².